The summed E-state index contributed by atoms with van der Waals surface area (Å²) in [6.45, 7) is -1.58. The minimum atomic E-state index is -2.98. The summed E-state index contributed by atoms with van der Waals surface area (Å²) in [6.07, 6.45) is 1.83. The van der Waals surface area contributed by atoms with Crippen molar-refractivity contribution in [2.45, 2.75) is 19.1 Å². The van der Waals surface area contributed by atoms with Crippen molar-refractivity contribution in [3.8, 4) is 11.6 Å². The Hall–Kier alpha value is -2.85. The molecule has 4 rings (SSSR count). The van der Waals surface area contributed by atoms with Gasteiger partial charge in [-0.2, -0.15) is 8.78 Å². The molecular formula is C18H15ClF3N5O2. The minimum Gasteiger partial charge on any atom is -0.471 e. The van der Waals surface area contributed by atoms with Crippen LogP contribution in [0.25, 0.3) is 11.0 Å². The van der Waals surface area contributed by atoms with Crippen molar-refractivity contribution in [1.82, 2.24) is 20.3 Å². The molecule has 0 amide bonds. The van der Waals surface area contributed by atoms with Crippen LogP contribution in [-0.4, -0.2) is 40.8 Å². The van der Waals surface area contributed by atoms with Crippen molar-refractivity contribution in [1.29, 1.82) is 0 Å². The molecule has 2 N–H and O–H groups in total. The summed E-state index contributed by atoms with van der Waals surface area (Å²) in [5, 5.41) is 6.10. The zero-order valence-corrected chi connectivity index (χ0v) is 15.6. The van der Waals surface area contributed by atoms with E-state index in [0.29, 0.717) is 17.7 Å². The van der Waals surface area contributed by atoms with Crippen molar-refractivity contribution in [2.75, 3.05) is 18.4 Å². The minimum absolute atomic E-state index is 0.00887. The van der Waals surface area contributed by atoms with Gasteiger partial charge in [0.1, 0.15) is 23.7 Å². The number of nitrogens with zero attached hydrogens (tertiary/aromatic N) is 3. The lowest BCUT2D eigenvalue weighted by Crippen LogP contribution is -2.20. The topological polar surface area (TPSA) is 81.2 Å². The Morgan fingerprint density at radius 3 is 2.83 bits per heavy atom. The molecule has 1 saturated heterocycles. The number of pyridine rings is 1. The summed E-state index contributed by atoms with van der Waals surface area (Å²) in [7, 11) is 0. The van der Waals surface area contributed by atoms with Gasteiger partial charge in [-0.15, -0.1) is 0 Å². The summed E-state index contributed by atoms with van der Waals surface area (Å²) in [5.74, 6) is -0.628. The first-order valence-corrected chi connectivity index (χ1v) is 9.07. The molecule has 0 unspecified atom stereocenters. The van der Waals surface area contributed by atoms with E-state index in [4.69, 9.17) is 16.3 Å². The normalized spacial score (nSPS) is 16.4. The lowest BCUT2D eigenvalue weighted by atomic mass is 10.2. The number of benzene rings is 1. The Kier molecular flexibility index (Phi) is 5.54. The molecule has 1 aliphatic rings. The molecule has 7 nitrogen and oxygen atoms in total. The van der Waals surface area contributed by atoms with Crippen LogP contribution in [-0.2, 0) is 0 Å². The van der Waals surface area contributed by atoms with Gasteiger partial charge in [-0.3, -0.25) is 0 Å². The third-order valence-corrected chi connectivity index (χ3v) is 4.53. The Labute approximate surface area is 168 Å². The van der Waals surface area contributed by atoms with E-state index < -0.39 is 12.4 Å². The number of fused-ring (bicyclic) bond motifs is 1. The molecule has 3 heterocycles. The highest BCUT2D eigenvalue weighted by atomic mass is 35.5. The van der Waals surface area contributed by atoms with Gasteiger partial charge in [-0.1, -0.05) is 11.6 Å². The van der Waals surface area contributed by atoms with Crippen molar-refractivity contribution in [3.05, 3.63) is 41.4 Å². The number of anilines is 2. The second-order valence-electron chi connectivity index (χ2n) is 6.25. The van der Waals surface area contributed by atoms with Crippen LogP contribution in [0, 0.1) is 5.82 Å². The van der Waals surface area contributed by atoms with E-state index in [1.165, 1.54) is 30.6 Å². The fraction of sp³-hybridized carbons (Fsp3) is 0.278. The number of halogens is 4. The monoisotopic (exact) mass is 425 g/mol. The fourth-order valence-electron chi connectivity index (χ4n) is 2.91. The predicted molar refractivity (Wildman–Crippen MR) is 101 cm³/mol. The van der Waals surface area contributed by atoms with Crippen LogP contribution >= 0.6 is 11.6 Å². The van der Waals surface area contributed by atoms with Crippen LogP contribution in [0.2, 0.25) is 5.02 Å². The highest BCUT2D eigenvalue weighted by molar-refractivity contribution is 6.32. The van der Waals surface area contributed by atoms with E-state index in [9.17, 15) is 13.2 Å². The Bertz CT molecular complexity index is 1030. The highest BCUT2D eigenvalue weighted by Crippen LogP contribution is 2.32. The van der Waals surface area contributed by atoms with Gasteiger partial charge in [0.25, 0.3) is 5.88 Å². The first-order chi connectivity index (χ1) is 14.0. The van der Waals surface area contributed by atoms with Gasteiger partial charge in [0.05, 0.1) is 10.5 Å². The molecule has 29 heavy (non-hydrogen) atoms. The van der Waals surface area contributed by atoms with E-state index in [-0.39, 0.29) is 34.1 Å². The van der Waals surface area contributed by atoms with Crippen molar-refractivity contribution in [2.24, 2.45) is 0 Å². The summed E-state index contributed by atoms with van der Waals surface area (Å²) in [6, 6.07) is 5.41. The average molecular weight is 426 g/mol. The van der Waals surface area contributed by atoms with Gasteiger partial charge in [0.2, 0.25) is 0 Å². The fourth-order valence-corrected chi connectivity index (χ4v) is 3.14. The maximum Gasteiger partial charge on any atom is 0.387 e. The number of hydrogen-bond acceptors (Lipinski definition) is 7. The SMILES string of the molecule is Fc1cc2ncnc(Nc3ccc(OC(F)F)c(Cl)c3)c2nc1O[C@H]1CCNC1. The van der Waals surface area contributed by atoms with Crippen LogP contribution in [0.4, 0.5) is 24.7 Å². The molecule has 1 fully saturated rings. The number of ether oxygens (including phenoxy) is 2. The number of alkyl halides is 2. The zero-order chi connectivity index (χ0) is 20.4. The van der Waals surface area contributed by atoms with Crippen LogP contribution in [0.5, 0.6) is 11.6 Å². The molecule has 0 saturated carbocycles. The lowest BCUT2D eigenvalue weighted by Gasteiger charge is -2.14. The van der Waals surface area contributed by atoms with Gasteiger partial charge >= 0.3 is 6.61 Å². The van der Waals surface area contributed by atoms with Crippen LogP contribution in [0.15, 0.2) is 30.6 Å². The van der Waals surface area contributed by atoms with Gasteiger partial charge < -0.3 is 20.1 Å². The third-order valence-electron chi connectivity index (χ3n) is 4.24. The maximum atomic E-state index is 14.4. The molecule has 0 bridgehead atoms. The third kappa shape index (κ3) is 4.43. The number of aromatic nitrogens is 3. The molecule has 0 spiro atoms. The maximum absolute atomic E-state index is 14.4. The van der Waals surface area contributed by atoms with Crippen LogP contribution in [0.3, 0.4) is 0 Å². The molecule has 1 atom stereocenters. The molecular weight excluding hydrogens is 411 g/mol. The second-order valence-corrected chi connectivity index (χ2v) is 6.65. The van der Waals surface area contributed by atoms with Gasteiger partial charge in [0, 0.05) is 18.3 Å². The molecule has 0 radical (unpaired) electrons. The first kappa shape index (κ1) is 19.5. The summed E-state index contributed by atoms with van der Waals surface area (Å²) in [4.78, 5) is 12.4. The standard InChI is InChI=1S/C18H15ClF3N5O2/c19-11-5-9(1-2-14(11)29-18(21)22)26-16-15-13(24-8-25-16)6-12(20)17(27-15)28-10-3-4-23-7-10/h1-2,5-6,8,10,18,23H,3-4,7H2,(H,24,25,26)/t10-/m0/s1. The average Bonchev–Trinajstić information content (AvgIpc) is 3.18. The van der Waals surface area contributed by atoms with Gasteiger partial charge in [-0.05, 0) is 31.2 Å². The number of hydrogen-bond donors (Lipinski definition) is 2. The first-order valence-electron chi connectivity index (χ1n) is 8.69. The van der Waals surface area contributed by atoms with Crippen molar-refractivity contribution < 1.29 is 22.6 Å². The molecule has 3 aromatic rings. The second kappa shape index (κ2) is 8.26. The molecule has 11 heteroatoms. The quantitative estimate of drug-likeness (QED) is 0.619. The lowest BCUT2D eigenvalue weighted by molar-refractivity contribution is -0.0497. The number of rotatable bonds is 6. The van der Waals surface area contributed by atoms with E-state index in [0.717, 1.165) is 13.0 Å². The number of nitrogens with one attached hydrogen (secondary N) is 2. The molecule has 2 aromatic heterocycles. The molecule has 1 aromatic carbocycles. The van der Waals surface area contributed by atoms with Gasteiger partial charge in [0.15, 0.2) is 11.6 Å². The van der Waals surface area contributed by atoms with E-state index in [2.05, 4.69) is 30.3 Å². The van der Waals surface area contributed by atoms with E-state index >= 15 is 0 Å². The largest absolute Gasteiger partial charge is 0.471 e. The molecule has 1 aliphatic heterocycles. The van der Waals surface area contributed by atoms with Gasteiger partial charge in [-0.25, -0.2) is 19.3 Å². The Morgan fingerprint density at radius 2 is 2.10 bits per heavy atom. The smallest absolute Gasteiger partial charge is 0.387 e. The molecule has 152 valence electrons. The van der Waals surface area contributed by atoms with Crippen molar-refractivity contribution in [3.63, 3.8) is 0 Å². The highest BCUT2D eigenvalue weighted by Gasteiger charge is 2.20. The summed E-state index contributed by atoms with van der Waals surface area (Å²) >= 11 is 5.98. The van der Waals surface area contributed by atoms with Crippen molar-refractivity contribution >= 4 is 34.1 Å². The van der Waals surface area contributed by atoms with E-state index in [1.54, 1.807) is 0 Å². The molecule has 0 aliphatic carbocycles. The predicted octanol–water partition coefficient (Wildman–Crippen LogP) is 3.90. The zero-order valence-electron chi connectivity index (χ0n) is 14.8. The summed E-state index contributed by atoms with van der Waals surface area (Å²) in [5.41, 5.74) is 1.02. The van der Waals surface area contributed by atoms with Crippen LogP contribution < -0.4 is 20.1 Å². The Balaban J connectivity index is 1.63. The summed E-state index contributed by atoms with van der Waals surface area (Å²) < 4.78 is 49.1. The Morgan fingerprint density at radius 1 is 1.24 bits per heavy atom. The van der Waals surface area contributed by atoms with E-state index in [1.807, 2.05) is 0 Å². The van der Waals surface area contributed by atoms with Crippen LogP contribution in [0.1, 0.15) is 6.42 Å².